The zero-order valence-electron chi connectivity index (χ0n) is 9.73. The van der Waals surface area contributed by atoms with Crippen LogP contribution in [0.3, 0.4) is 0 Å². The average Bonchev–Trinajstić information content (AvgIpc) is 2.24. The number of hydrogen-bond donors (Lipinski definition) is 1. The standard InChI is InChI=1S/C11H18N2O2S/c1-3-4-5-11-7-6-10(8-12-11)9-13-16(2,14)15/h6-8,13H,3-5,9H2,1-2H3. The fourth-order valence-electron chi connectivity index (χ4n) is 1.28. The molecule has 5 heteroatoms. The predicted molar refractivity (Wildman–Crippen MR) is 64.5 cm³/mol. The zero-order chi connectivity index (χ0) is 12.0. The van der Waals surface area contributed by atoms with E-state index in [-0.39, 0.29) is 0 Å². The van der Waals surface area contributed by atoms with Gasteiger partial charge in [0.1, 0.15) is 0 Å². The van der Waals surface area contributed by atoms with E-state index in [0.717, 1.165) is 36.8 Å². The van der Waals surface area contributed by atoms with Crippen molar-refractivity contribution in [1.29, 1.82) is 0 Å². The topological polar surface area (TPSA) is 59.1 Å². The molecule has 0 spiro atoms. The molecule has 1 heterocycles. The van der Waals surface area contributed by atoms with Crippen LogP contribution in [0.15, 0.2) is 18.3 Å². The van der Waals surface area contributed by atoms with Gasteiger partial charge in [0.25, 0.3) is 0 Å². The number of hydrogen-bond acceptors (Lipinski definition) is 3. The Labute approximate surface area is 97.2 Å². The summed E-state index contributed by atoms with van der Waals surface area (Å²) in [6, 6.07) is 3.87. The fraction of sp³-hybridized carbons (Fsp3) is 0.545. The Hall–Kier alpha value is -0.940. The highest BCUT2D eigenvalue weighted by molar-refractivity contribution is 7.88. The first-order valence-electron chi connectivity index (χ1n) is 5.39. The smallest absolute Gasteiger partial charge is 0.209 e. The summed E-state index contributed by atoms with van der Waals surface area (Å²) < 4.78 is 24.2. The lowest BCUT2D eigenvalue weighted by Gasteiger charge is -2.03. The Kier molecular flexibility index (Phi) is 4.89. The Balaban J connectivity index is 2.51. The molecular formula is C11H18N2O2S. The Morgan fingerprint density at radius 1 is 1.38 bits per heavy atom. The van der Waals surface area contributed by atoms with Crippen LogP contribution in [0.4, 0.5) is 0 Å². The minimum absolute atomic E-state index is 0.305. The second-order valence-corrected chi connectivity index (χ2v) is 5.69. The monoisotopic (exact) mass is 242 g/mol. The molecule has 4 nitrogen and oxygen atoms in total. The number of nitrogens with one attached hydrogen (secondary N) is 1. The van der Waals surface area contributed by atoms with Gasteiger partial charge in [-0.3, -0.25) is 4.98 Å². The first kappa shape index (κ1) is 13.1. The van der Waals surface area contributed by atoms with E-state index < -0.39 is 10.0 Å². The summed E-state index contributed by atoms with van der Waals surface area (Å²) in [4.78, 5) is 4.28. The quantitative estimate of drug-likeness (QED) is 0.822. The van der Waals surface area contributed by atoms with E-state index in [9.17, 15) is 8.42 Å². The summed E-state index contributed by atoms with van der Waals surface area (Å²) in [6.07, 6.45) is 6.14. The molecule has 1 N–H and O–H groups in total. The van der Waals surface area contributed by atoms with E-state index in [1.54, 1.807) is 6.20 Å². The lowest BCUT2D eigenvalue weighted by Crippen LogP contribution is -2.21. The molecule has 1 rings (SSSR count). The van der Waals surface area contributed by atoms with Crippen LogP contribution in [0.25, 0.3) is 0 Å². The summed E-state index contributed by atoms with van der Waals surface area (Å²) in [5.74, 6) is 0. The summed E-state index contributed by atoms with van der Waals surface area (Å²) in [5.41, 5.74) is 1.94. The van der Waals surface area contributed by atoms with Gasteiger partial charge in [-0.2, -0.15) is 0 Å². The Morgan fingerprint density at radius 3 is 2.62 bits per heavy atom. The average molecular weight is 242 g/mol. The van der Waals surface area contributed by atoms with Crippen LogP contribution in [-0.2, 0) is 23.0 Å². The van der Waals surface area contributed by atoms with Crippen LogP contribution in [-0.4, -0.2) is 19.7 Å². The van der Waals surface area contributed by atoms with Crippen LogP contribution in [0.5, 0.6) is 0 Å². The van der Waals surface area contributed by atoms with E-state index >= 15 is 0 Å². The van der Waals surface area contributed by atoms with Crippen LogP contribution in [0, 0.1) is 0 Å². The van der Waals surface area contributed by atoms with E-state index in [2.05, 4.69) is 16.6 Å². The maximum Gasteiger partial charge on any atom is 0.209 e. The lowest BCUT2D eigenvalue weighted by atomic mass is 10.1. The number of rotatable bonds is 6. The van der Waals surface area contributed by atoms with Crippen molar-refractivity contribution < 1.29 is 8.42 Å². The third-order valence-electron chi connectivity index (χ3n) is 2.21. The molecule has 0 fully saturated rings. The van der Waals surface area contributed by atoms with Crippen LogP contribution in [0.1, 0.15) is 31.0 Å². The molecule has 1 aromatic heterocycles. The minimum atomic E-state index is -3.12. The third kappa shape index (κ3) is 5.23. The Bertz CT molecular complexity index is 412. The maximum absolute atomic E-state index is 10.9. The van der Waals surface area contributed by atoms with Crippen molar-refractivity contribution in [1.82, 2.24) is 9.71 Å². The SMILES string of the molecule is CCCCc1ccc(CNS(C)(=O)=O)cn1. The fourth-order valence-corrected chi connectivity index (χ4v) is 1.71. The Morgan fingerprint density at radius 2 is 2.12 bits per heavy atom. The van der Waals surface area contributed by atoms with Gasteiger partial charge >= 0.3 is 0 Å². The van der Waals surface area contributed by atoms with Gasteiger partial charge in [0.15, 0.2) is 0 Å². The van der Waals surface area contributed by atoms with Gasteiger partial charge in [0.2, 0.25) is 10.0 Å². The molecule has 0 aromatic carbocycles. The molecule has 0 aliphatic heterocycles. The molecule has 0 saturated carbocycles. The first-order valence-corrected chi connectivity index (χ1v) is 7.29. The molecule has 1 aromatic rings. The van der Waals surface area contributed by atoms with Gasteiger partial charge in [0.05, 0.1) is 6.26 Å². The number of sulfonamides is 1. The molecule has 0 aliphatic carbocycles. The summed E-state index contributed by atoms with van der Waals surface area (Å²) >= 11 is 0. The molecule has 0 atom stereocenters. The van der Waals surface area contributed by atoms with Crippen molar-refractivity contribution in [3.05, 3.63) is 29.6 Å². The molecule has 0 amide bonds. The highest BCUT2D eigenvalue weighted by Crippen LogP contribution is 2.04. The number of aryl methyl sites for hydroxylation is 1. The molecule has 90 valence electrons. The van der Waals surface area contributed by atoms with Crippen LogP contribution in [0.2, 0.25) is 0 Å². The van der Waals surface area contributed by atoms with Gasteiger partial charge in [-0.05, 0) is 24.5 Å². The van der Waals surface area contributed by atoms with Crippen molar-refractivity contribution in [2.75, 3.05) is 6.26 Å². The highest BCUT2D eigenvalue weighted by Gasteiger charge is 2.01. The minimum Gasteiger partial charge on any atom is -0.261 e. The van der Waals surface area contributed by atoms with Gasteiger partial charge in [-0.25, -0.2) is 13.1 Å². The van der Waals surface area contributed by atoms with E-state index in [1.165, 1.54) is 0 Å². The normalized spacial score (nSPS) is 11.6. The molecule has 0 aliphatic rings. The largest absolute Gasteiger partial charge is 0.261 e. The summed E-state index contributed by atoms with van der Waals surface area (Å²) in [7, 11) is -3.12. The van der Waals surface area contributed by atoms with Crippen LogP contribution >= 0.6 is 0 Å². The molecule has 16 heavy (non-hydrogen) atoms. The second-order valence-electron chi connectivity index (χ2n) is 3.85. The van der Waals surface area contributed by atoms with Gasteiger partial charge in [-0.15, -0.1) is 0 Å². The maximum atomic E-state index is 10.9. The van der Waals surface area contributed by atoms with Crippen molar-refractivity contribution in [2.24, 2.45) is 0 Å². The highest BCUT2D eigenvalue weighted by atomic mass is 32.2. The molecule has 0 saturated heterocycles. The van der Waals surface area contributed by atoms with E-state index in [1.807, 2.05) is 12.1 Å². The third-order valence-corrected chi connectivity index (χ3v) is 2.88. The molecule has 0 bridgehead atoms. The first-order chi connectivity index (χ1) is 7.51. The molecule has 0 unspecified atom stereocenters. The van der Waals surface area contributed by atoms with E-state index in [4.69, 9.17) is 0 Å². The van der Waals surface area contributed by atoms with Crippen molar-refractivity contribution in [3.8, 4) is 0 Å². The van der Waals surface area contributed by atoms with Gasteiger partial charge < -0.3 is 0 Å². The van der Waals surface area contributed by atoms with Gasteiger partial charge in [-0.1, -0.05) is 19.4 Å². The van der Waals surface area contributed by atoms with Crippen molar-refractivity contribution >= 4 is 10.0 Å². The zero-order valence-corrected chi connectivity index (χ0v) is 10.5. The summed E-state index contributed by atoms with van der Waals surface area (Å²) in [6.45, 7) is 2.45. The van der Waals surface area contributed by atoms with Gasteiger partial charge in [0, 0.05) is 18.4 Å². The number of aromatic nitrogens is 1. The second kappa shape index (κ2) is 5.96. The molecular weight excluding hydrogens is 224 g/mol. The predicted octanol–water partition coefficient (Wildman–Crippen LogP) is 1.47. The number of pyridine rings is 1. The molecule has 0 radical (unpaired) electrons. The van der Waals surface area contributed by atoms with Crippen LogP contribution < -0.4 is 4.72 Å². The number of unbranched alkanes of at least 4 members (excludes halogenated alkanes) is 1. The van der Waals surface area contributed by atoms with Crippen molar-refractivity contribution in [2.45, 2.75) is 32.7 Å². The summed E-state index contributed by atoms with van der Waals surface area (Å²) in [5, 5.41) is 0. The van der Waals surface area contributed by atoms with Crippen molar-refractivity contribution in [3.63, 3.8) is 0 Å². The number of nitrogens with zero attached hydrogens (tertiary/aromatic N) is 1. The van der Waals surface area contributed by atoms with E-state index in [0.29, 0.717) is 6.54 Å². The lowest BCUT2D eigenvalue weighted by molar-refractivity contribution is 0.587.